The second-order valence-corrected chi connectivity index (χ2v) is 7.90. The zero-order valence-corrected chi connectivity index (χ0v) is 17.0. The van der Waals surface area contributed by atoms with Crippen LogP contribution in [0.15, 0.2) is 20.9 Å². The Morgan fingerprint density at radius 2 is 2.14 bits per heavy atom. The highest BCUT2D eigenvalue weighted by molar-refractivity contribution is 7.71. The van der Waals surface area contributed by atoms with Crippen molar-refractivity contribution in [1.29, 1.82) is 0 Å². The molecule has 0 radical (unpaired) electrons. The molecule has 1 saturated heterocycles. The molecule has 1 aliphatic rings. The molecular formula is C15H22N5O8P. The number of rotatable bonds is 9. The molecule has 0 saturated carbocycles. The van der Waals surface area contributed by atoms with Crippen LogP contribution >= 0.6 is 7.60 Å². The quantitative estimate of drug-likeness (QED) is 0.268. The van der Waals surface area contributed by atoms with E-state index in [9.17, 15) is 18.9 Å². The maximum Gasteiger partial charge on any atom is 0.438 e. The van der Waals surface area contributed by atoms with Gasteiger partial charge in [0.25, 0.3) is 5.56 Å². The molecule has 2 rings (SSSR count). The number of carbonyl (C=O) groups excluding carboxylic acids is 1. The van der Waals surface area contributed by atoms with Crippen LogP contribution < -0.4 is 11.2 Å². The van der Waals surface area contributed by atoms with E-state index in [1.807, 2.05) is 0 Å². The van der Waals surface area contributed by atoms with Crippen LogP contribution in [0.25, 0.3) is 10.4 Å². The van der Waals surface area contributed by atoms with Gasteiger partial charge in [-0.2, -0.15) is 0 Å². The van der Waals surface area contributed by atoms with Crippen molar-refractivity contribution >= 4 is 13.3 Å². The molecule has 1 unspecified atom stereocenters. The highest BCUT2D eigenvalue weighted by Crippen LogP contribution is 2.50. The van der Waals surface area contributed by atoms with E-state index in [0.29, 0.717) is 0 Å². The summed E-state index contributed by atoms with van der Waals surface area (Å²) >= 11 is 0. The van der Waals surface area contributed by atoms with Gasteiger partial charge in [-0.1, -0.05) is 5.11 Å². The minimum Gasteiger partial charge on any atom is -0.457 e. The Hall–Kier alpha value is -2.43. The van der Waals surface area contributed by atoms with E-state index >= 15 is 0 Å². The number of H-pyrrole nitrogens is 1. The first-order valence-electron chi connectivity index (χ1n) is 8.83. The van der Waals surface area contributed by atoms with Crippen molar-refractivity contribution in [3.8, 4) is 0 Å². The minimum atomic E-state index is -4.23. The summed E-state index contributed by atoms with van der Waals surface area (Å²) in [6.07, 6.45) is -0.359. The Bertz CT molecular complexity index is 953. The Labute approximate surface area is 165 Å². The molecule has 4 atom stereocenters. The summed E-state index contributed by atoms with van der Waals surface area (Å²) < 4.78 is 34.4. The first kappa shape index (κ1) is 22.9. The first-order chi connectivity index (χ1) is 13.8. The van der Waals surface area contributed by atoms with Crippen molar-refractivity contribution < 1.29 is 27.9 Å². The largest absolute Gasteiger partial charge is 0.457 e. The van der Waals surface area contributed by atoms with E-state index in [-0.39, 0.29) is 25.2 Å². The summed E-state index contributed by atoms with van der Waals surface area (Å²) in [5.74, 6) is 0. The summed E-state index contributed by atoms with van der Waals surface area (Å²) in [5, 5.41) is 3.62. The van der Waals surface area contributed by atoms with E-state index < -0.39 is 49.5 Å². The SMILES string of the molecule is CCOC(=O)P(=O)(OCC)OC[C@H]1O[C@@H](n2cc(C)c(=O)[nH]c2=O)C[C@@H]1N=[N+]=[N-]. The zero-order chi connectivity index (χ0) is 21.6. The average Bonchev–Trinajstić information content (AvgIpc) is 3.06. The molecule has 0 aromatic carbocycles. The zero-order valence-electron chi connectivity index (χ0n) is 16.1. The smallest absolute Gasteiger partial charge is 0.438 e. The van der Waals surface area contributed by atoms with Crippen LogP contribution in [0.4, 0.5) is 4.79 Å². The summed E-state index contributed by atoms with van der Waals surface area (Å²) in [7, 11) is -4.23. The van der Waals surface area contributed by atoms with Crippen LogP contribution in [0, 0.1) is 6.92 Å². The molecule has 160 valence electrons. The molecule has 1 aromatic heterocycles. The van der Waals surface area contributed by atoms with E-state index in [1.54, 1.807) is 6.92 Å². The Morgan fingerprint density at radius 3 is 2.76 bits per heavy atom. The van der Waals surface area contributed by atoms with Gasteiger partial charge in [-0.3, -0.25) is 18.9 Å². The number of hydrogen-bond donors (Lipinski definition) is 1. The molecule has 1 aliphatic heterocycles. The van der Waals surface area contributed by atoms with Crippen LogP contribution in [0.3, 0.4) is 0 Å². The van der Waals surface area contributed by atoms with Gasteiger partial charge in [0.1, 0.15) is 6.23 Å². The molecular weight excluding hydrogens is 409 g/mol. The molecule has 0 amide bonds. The average molecular weight is 431 g/mol. The predicted octanol–water partition coefficient (Wildman–Crippen LogP) is 2.21. The lowest BCUT2D eigenvalue weighted by Crippen LogP contribution is -2.33. The van der Waals surface area contributed by atoms with Crippen LogP contribution in [0.2, 0.25) is 0 Å². The molecule has 29 heavy (non-hydrogen) atoms. The number of aromatic amines is 1. The Morgan fingerprint density at radius 1 is 1.41 bits per heavy atom. The molecule has 2 heterocycles. The van der Waals surface area contributed by atoms with Crippen molar-refractivity contribution in [2.24, 2.45) is 5.11 Å². The second kappa shape index (κ2) is 9.86. The van der Waals surface area contributed by atoms with Crippen molar-refractivity contribution in [3.63, 3.8) is 0 Å². The topological polar surface area (TPSA) is 175 Å². The molecule has 0 bridgehead atoms. The lowest BCUT2D eigenvalue weighted by atomic mass is 10.1. The summed E-state index contributed by atoms with van der Waals surface area (Å²) in [4.78, 5) is 40.5. The van der Waals surface area contributed by atoms with Gasteiger partial charge < -0.3 is 14.0 Å². The highest BCUT2D eigenvalue weighted by atomic mass is 31.2. The maximum absolute atomic E-state index is 12.6. The lowest BCUT2D eigenvalue weighted by Gasteiger charge is -2.20. The fourth-order valence-electron chi connectivity index (χ4n) is 2.71. The van der Waals surface area contributed by atoms with Gasteiger partial charge >= 0.3 is 19.0 Å². The normalized spacial score (nSPS) is 23.2. The van der Waals surface area contributed by atoms with Gasteiger partial charge in [-0.05, 0) is 26.3 Å². The van der Waals surface area contributed by atoms with Crippen molar-refractivity contribution in [3.05, 3.63) is 43.0 Å². The number of carbonyl (C=O) groups is 1. The molecule has 1 N–H and O–H groups in total. The maximum atomic E-state index is 12.6. The lowest BCUT2D eigenvalue weighted by molar-refractivity contribution is -0.0247. The third kappa shape index (κ3) is 5.34. The van der Waals surface area contributed by atoms with Gasteiger partial charge in [-0.25, -0.2) is 14.2 Å². The molecule has 1 aromatic rings. The van der Waals surface area contributed by atoms with E-state index in [0.717, 1.165) is 4.57 Å². The summed E-state index contributed by atoms with van der Waals surface area (Å²) in [5.41, 5.74) is 6.73. The number of aryl methyl sites for hydroxylation is 1. The molecule has 14 heteroatoms. The molecule has 1 fully saturated rings. The summed E-state index contributed by atoms with van der Waals surface area (Å²) in [6.45, 7) is 4.11. The molecule has 0 spiro atoms. The van der Waals surface area contributed by atoms with Gasteiger partial charge in [0.2, 0.25) is 0 Å². The van der Waals surface area contributed by atoms with Gasteiger partial charge in [0.05, 0.1) is 32.0 Å². The standard InChI is InChI=1S/C15H22N5O8P/c1-4-25-15(23)29(24,26-5-2)27-8-11-10(18-19-16)6-12(28-11)20-7-9(3)13(21)17-14(20)22/h7,10-12H,4-6,8H2,1-3H3,(H,17,21,22)/t10-,11+,12+,29?/m0/s1. The summed E-state index contributed by atoms with van der Waals surface area (Å²) in [6, 6.07) is -0.776. The third-order valence-corrected chi connectivity index (χ3v) is 5.72. The number of azide groups is 1. The van der Waals surface area contributed by atoms with Gasteiger partial charge in [0, 0.05) is 23.1 Å². The fourth-order valence-corrected chi connectivity index (χ4v) is 3.97. The fraction of sp³-hybridized carbons (Fsp3) is 0.667. The highest BCUT2D eigenvalue weighted by Gasteiger charge is 2.42. The van der Waals surface area contributed by atoms with Crippen molar-refractivity contribution in [2.75, 3.05) is 19.8 Å². The van der Waals surface area contributed by atoms with Crippen molar-refractivity contribution in [2.45, 2.75) is 45.6 Å². The van der Waals surface area contributed by atoms with Crippen molar-refractivity contribution in [1.82, 2.24) is 9.55 Å². The number of nitrogens with one attached hydrogen (secondary N) is 1. The van der Waals surface area contributed by atoms with E-state index in [2.05, 4.69) is 15.0 Å². The number of nitrogens with zero attached hydrogens (tertiary/aromatic N) is 4. The van der Waals surface area contributed by atoms with Crippen LogP contribution in [-0.2, 0) is 23.1 Å². The number of hydrogen-bond acceptors (Lipinski definition) is 9. The Balaban J connectivity index is 2.21. The predicted molar refractivity (Wildman–Crippen MR) is 99.7 cm³/mol. The third-order valence-electron chi connectivity index (χ3n) is 4.06. The van der Waals surface area contributed by atoms with E-state index in [1.165, 1.54) is 20.0 Å². The van der Waals surface area contributed by atoms with E-state index in [4.69, 9.17) is 24.1 Å². The van der Waals surface area contributed by atoms with Gasteiger partial charge in [0.15, 0.2) is 0 Å². The van der Waals surface area contributed by atoms with Crippen LogP contribution in [0.5, 0.6) is 0 Å². The Kier molecular flexibility index (Phi) is 7.77. The second-order valence-electron chi connectivity index (χ2n) is 6.03. The van der Waals surface area contributed by atoms with Gasteiger partial charge in [-0.15, -0.1) is 0 Å². The molecule has 0 aliphatic carbocycles. The molecule has 13 nitrogen and oxygen atoms in total. The van der Waals surface area contributed by atoms with Crippen LogP contribution in [-0.4, -0.2) is 47.2 Å². The van der Waals surface area contributed by atoms with Crippen LogP contribution in [0.1, 0.15) is 32.1 Å². The minimum absolute atomic E-state index is 0.0168. The number of ether oxygens (including phenoxy) is 2. The number of aromatic nitrogens is 2. The monoisotopic (exact) mass is 431 g/mol. The first-order valence-corrected chi connectivity index (χ1v) is 10.4.